The number of anilines is 1. The molecule has 3 heterocycles. The third-order valence-electron chi connectivity index (χ3n) is 6.19. The molecular weight excluding hydrogens is 398 g/mol. The molecule has 0 spiro atoms. The van der Waals surface area contributed by atoms with Crippen molar-refractivity contribution in [1.82, 2.24) is 19.8 Å². The van der Waals surface area contributed by atoms with Gasteiger partial charge in [-0.2, -0.15) is 0 Å². The van der Waals surface area contributed by atoms with Gasteiger partial charge in [-0.1, -0.05) is 23.7 Å². The molecule has 0 bridgehead atoms. The molecule has 1 amide bonds. The van der Waals surface area contributed by atoms with E-state index in [9.17, 15) is 4.79 Å². The summed E-state index contributed by atoms with van der Waals surface area (Å²) >= 11 is 5.94. The Morgan fingerprint density at radius 2 is 1.70 bits per heavy atom. The van der Waals surface area contributed by atoms with E-state index < -0.39 is 0 Å². The Morgan fingerprint density at radius 3 is 2.50 bits per heavy atom. The summed E-state index contributed by atoms with van der Waals surface area (Å²) in [7, 11) is 0. The molecule has 1 atom stereocenters. The molecule has 5 rings (SSSR count). The van der Waals surface area contributed by atoms with Gasteiger partial charge in [-0.05, 0) is 42.8 Å². The number of para-hydroxylation sites is 1. The summed E-state index contributed by atoms with van der Waals surface area (Å²) in [6.07, 6.45) is 2.77. The molecule has 3 aromatic rings. The minimum Gasteiger partial charge on any atom is -0.354 e. The molecule has 30 heavy (non-hydrogen) atoms. The molecule has 0 N–H and O–H groups in total. The number of rotatable bonds is 3. The van der Waals surface area contributed by atoms with Gasteiger partial charge in [0.15, 0.2) is 0 Å². The van der Waals surface area contributed by atoms with Gasteiger partial charge in [0.2, 0.25) is 0 Å². The van der Waals surface area contributed by atoms with E-state index in [1.165, 1.54) is 0 Å². The van der Waals surface area contributed by atoms with Crippen LogP contribution in [0.4, 0.5) is 5.82 Å². The number of nitrogens with zero attached hydrogens (tertiary/aromatic N) is 5. The highest BCUT2D eigenvalue weighted by atomic mass is 35.5. The number of hydrogen-bond donors (Lipinski definition) is 0. The van der Waals surface area contributed by atoms with Crippen molar-refractivity contribution >= 4 is 34.2 Å². The second kappa shape index (κ2) is 8.20. The predicted molar refractivity (Wildman–Crippen MR) is 119 cm³/mol. The zero-order valence-corrected chi connectivity index (χ0v) is 17.5. The molecular formula is C23H24ClN5O. The Labute approximate surface area is 181 Å². The molecule has 2 saturated heterocycles. The van der Waals surface area contributed by atoms with E-state index in [0.29, 0.717) is 16.6 Å². The van der Waals surface area contributed by atoms with Crippen molar-refractivity contribution in [2.24, 2.45) is 0 Å². The minimum atomic E-state index is 0.0896. The summed E-state index contributed by atoms with van der Waals surface area (Å²) < 4.78 is 0. The van der Waals surface area contributed by atoms with Crippen LogP contribution in [0.2, 0.25) is 5.02 Å². The van der Waals surface area contributed by atoms with Crippen LogP contribution in [0.15, 0.2) is 54.9 Å². The molecule has 0 radical (unpaired) electrons. The third kappa shape index (κ3) is 3.73. The van der Waals surface area contributed by atoms with E-state index in [2.05, 4.69) is 25.8 Å². The van der Waals surface area contributed by atoms with Crippen molar-refractivity contribution in [3.8, 4) is 0 Å². The lowest BCUT2D eigenvalue weighted by Gasteiger charge is -2.38. The fourth-order valence-electron chi connectivity index (χ4n) is 4.54. The Kier molecular flexibility index (Phi) is 5.27. The van der Waals surface area contributed by atoms with Crippen molar-refractivity contribution in [3.63, 3.8) is 0 Å². The summed E-state index contributed by atoms with van der Waals surface area (Å²) in [5.41, 5.74) is 1.69. The van der Waals surface area contributed by atoms with Gasteiger partial charge in [0.1, 0.15) is 12.1 Å². The average molecular weight is 422 g/mol. The number of halogens is 1. The zero-order valence-electron chi connectivity index (χ0n) is 16.7. The molecule has 0 aliphatic carbocycles. The second-order valence-electron chi connectivity index (χ2n) is 7.94. The highest BCUT2D eigenvalue weighted by Gasteiger charge is 2.32. The maximum absolute atomic E-state index is 12.7. The molecule has 0 unspecified atom stereocenters. The monoisotopic (exact) mass is 421 g/mol. The summed E-state index contributed by atoms with van der Waals surface area (Å²) in [5.74, 6) is 1.12. The number of aromatic nitrogens is 2. The van der Waals surface area contributed by atoms with E-state index in [1.54, 1.807) is 30.6 Å². The Balaban J connectivity index is 1.21. The molecule has 2 fully saturated rings. The second-order valence-corrected chi connectivity index (χ2v) is 8.37. The van der Waals surface area contributed by atoms with Crippen LogP contribution in [0, 0.1) is 0 Å². The fraction of sp³-hybridized carbons (Fsp3) is 0.348. The van der Waals surface area contributed by atoms with Crippen LogP contribution in [-0.4, -0.2) is 71.0 Å². The van der Waals surface area contributed by atoms with Crippen LogP contribution in [0.1, 0.15) is 16.8 Å². The van der Waals surface area contributed by atoms with E-state index in [-0.39, 0.29) is 5.91 Å². The van der Waals surface area contributed by atoms with E-state index in [1.807, 2.05) is 23.1 Å². The number of amides is 1. The molecule has 2 aliphatic heterocycles. The lowest BCUT2D eigenvalue weighted by Crippen LogP contribution is -2.52. The van der Waals surface area contributed by atoms with Gasteiger partial charge in [0.25, 0.3) is 5.91 Å². The molecule has 2 aromatic carbocycles. The summed E-state index contributed by atoms with van der Waals surface area (Å²) in [6.45, 7) is 5.29. The van der Waals surface area contributed by atoms with Crippen LogP contribution >= 0.6 is 11.6 Å². The highest BCUT2D eigenvalue weighted by Crippen LogP contribution is 2.28. The van der Waals surface area contributed by atoms with Crippen LogP contribution in [-0.2, 0) is 0 Å². The zero-order chi connectivity index (χ0) is 20.5. The van der Waals surface area contributed by atoms with Gasteiger partial charge < -0.3 is 9.80 Å². The molecule has 1 aromatic heterocycles. The largest absolute Gasteiger partial charge is 0.354 e. The molecule has 0 saturated carbocycles. The molecule has 7 heteroatoms. The Bertz CT molecular complexity index is 1040. The number of piperazine rings is 1. The van der Waals surface area contributed by atoms with Crippen LogP contribution in [0.5, 0.6) is 0 Å². The normalized spacial score (nSPS) is 20.1. The first kappa shape index (κ1) is 19.3. The fourth-order valence-corrected chi connectivity index (χ4v) is 4.67. The SMILES string of the molecule is O=C(c1ccc(Cl)cc1)N1CCN([C@H]2CCN(c3ncnc4ccccc34)C2)CC1. The molecule has 154 valence electrons. The van der Waals surface area contributed by atoms with Gasteiger partial charge in [-0.3, -0.25) is 9.69 Å². The first-order valence-corrected chi connectivity index (χ1v) is 10.8. The van der Waals surface area contributed by atoms with Crippen molar-refractivity contribution in [2.75, 3.05) is 44.2 Å². The number of carbonyl (C=O) groups excluding carboxylic acids is 1. The number of benzene rings is 2. The average Bonchev–Trinajstić information content (AvgIpc) is 3.29. The van der Waals surface area contributed by atoms with E-state index >= 15 is 0 Å². The van der Waals surface area contributed by atoms with E-state index in [4.69, 9.17) is 11.6 Å². The third-order valence-corrected chi connectivity index (χ3v) is 6.45. The predicted octanol–water partition coefficient (Wildman–Crippen LogP) is 3.32. The first-order chi connectivity index (χ1) is 14.7. The maximum atomic E-state index is 12.7. The van der Waals surface area contributed by atoms with Crippen LogP contribution in [0.25, 0.3) is 10.9 Å². The lowest BCUT2D eigenvalue weighted by molar-refractivity contribution is 0.0585. The van der Waals surface area contributed by atoms with Crippen molar-refractivity contribution in [2.45, 2.75) is 12.5 Å². The van der Waals surface area contributed by atoms with Crippen LogP contribution < -0.4 is 4.90 Å². The summed E-state index contributed by atoms with van der Waals surface area (Å²) in [6, 6.07) is 15.8. The van der Waals surface area contributed by atoms with Gasteiger partial charge in [0, 0.05) is 61.3 Å². The smallest absolute Gasteiger partial charge is 0.253 e. The van der Waals surface area contributed by atoms with Gasteiger partial charge in [-0.25, -0.2) is 9.97 Å². The van der Waals surface area contributed by atoms with Gasteiger partial charge >= 0.3 is 0 Å². The van der Waals surface area contributed by atoms with Crippen molar-refractivity contribution in [1.29, 1.82) is 0 Å². The lowest BCUT2D eigenvalue weighted by atomic mass is 10.1. The Hall–Kier alpha value is -2.70. The molecule has 2 aliphatic rings. The van der Waals surface area contributed by atoms with Gasteiger partial charge in [0.05, 0.1) is 5.52 Å². The standard InChI is InChI=1S/C23H24ClN5O/c24-18-7-5-17(6-8-18)23(30)28-13-11-27(12-14-28)19-9-10-29(15-19)22-20-3-1-2-4-21(20)25-16-26-22/h1-8,16,19H,9-15H2/t19-/m0/s1. The molecule has 6 nitrogen and oxygen atoms in total. The quantitative estimate of drug-likeness (QED) is 0.649. The Morgan fingerprint density at radius 1 is 0.933 bits per heavy atom. The minimum absolute atomic E-state index is 0.0896. The van der Waals surface area contributed by atoms with Crippen molar-refractivity contribution in [3.05, 3.63) is 65.4 Å². The summed E-state index contributed by atoms with van der Waals surface area (Å²) in [5, 5.41) is 1.76. The number of carbonyl (C=O) groups is 1. The topological polar surface area (TPSA) is 52.6 Å². The number of fused-ring (bicyclic) bond motifs is 1. The number of hydrogen-bond acceptors (Lipinski definition) is 5. The van der Waals surface area contributed by atoms with Gasteiger partial charge in [-0.15, -0.1) is 0 Å². The van der Waals surface area contributed by atoms with Crippen LogP contribution in [0.3, 0.4) is 0 Å². The van der Waals surface area contributed by atoms with Crippen molar-refractivity contribution < 1.29 is 4.79 Å². The van der Waals surface area contributed by atoms with E-state index in [0.717, 1.165) is 62.4 Å². The maximum Gasteiger partial charge on any atom is 0.253 e. The summed E-state index contributed by atoms with van der Waals surface area (Å²) in [4.78, 5) is 28.6. The highest BCUT2D eigenvalue weighted by molar-refractivity contribution is 6.30. The first-order valence-electron chi connectivity index (χ1n) is 10.4.